The van der Waals surface area contributed by atoms with Gasteiger partial charge in [-0.3, -0.25) is 9.97 Å². The average Bonchev–Trinajstić information content (AvgIpc) is 3.14. The van der Waals surface area contributed by atoms with Gasteiger partial charge in [0.05, 0.1) is 11.4 Å². The van der Waals surface area contributed by atoms with Gasteiger partial charge in [-0.1, -0.05) is 97.6 Å². The Bertz CT molecular complexity index is 2050. The molecule has 226 valence electrons. The predicted octanol–water partition coefficient (Wildman–Crippen LogP) is 11.6. The number of allylic oxidation sites excluding steroid dienone is 1. The molecule has 4 heteroatoms. The van der Waals surface area contributed by atoms with Gasteiger partial charge < -0.3 is 9.80 Å². The van der Waals surface area contributed by atoms with Gasteiger partial charge in [0.15, 0.2) is 0 Å². The molecule has 5 aromatic carbocycles. The molecule has 47 heavy (non-hydrogen) atoms. The fraction of sp³-hybridized carbons (Fsp3) is 0.0233. The predicted molar refractivity (Wildman–Crippen MR) is 196 cm³/mol. The monoisotopic (exact) mass is 606 g/mol. The van der Waals surface area contributed by atoms with Crippen LogP contribution in [0, 0.1) is 0 Å². The largest absolute Gasteiger partial charge is 0.315 e. The maximum Gasteiger partial charge on any atom is 0.0781 e. The summed E-state index contributed by atoms with van der Waals surface area (Å²) in [6, 6.07) is 56.6. The third-order valence-electron chi connectivity index (χ3n) is 8.13. The van der Waals surface area contributed by atoms with E-state index in [9.17, 15) is 0 Å². The van der Waals surface area contributed by atoms with Crippen LogP contribution < -0.4 is 9.80 Å². The number of hydrogen-bond donors (Lipinski definition) is 0. The molecule has 0 atom stereocenters. The van der Waals surface area contributed by atoms with E-state index in [4.69, 9.17) is 9.97 Å². The molecule has 0 spiro atoms. The van der Waals surface area contributed by atoms with Crippen LogP contribution >= 0.6 is 0 Å². The van der Waals surface area contributed by atoms with Crippen LogP contribution in [0.15, 0.2) is 188 Å². The van der Waals surface area contributed by atoms with E-state index in [0.717, 1.165) is 67.8 Å². The lowest BCUT2D eigenvalue weighted by atomic mass is 9.95. The van der Waals surface area contributed by atoms with Crippen molar-refractivity contribution in [1.82, 2.24) is 9.97 Å². The minimum atomic E-state index is 0.908. The Labute approximate surface area is 276 Å². The van der Waals surface area contributed by atoms with Crippen molar-refractivity contribution in [3.63, 3.8) is 0 Å². The van der Waals surface area contributed by atoms with Crippen LogP contribution in [0.5, 0.6) is 0 Å². The number of para-hydroxylation sites is 3. The van der Waals surface area contributed by atoms with Gasteiger partial charge >= 0.3 is 0 Å². The normalized spacial score (nSPS) is 10.7. The van der Waals surface area contributed by atoms with E-state index >= 15 is 0 Å². The molecule has 2 heterocycles. The van der Waals surface area contributed by atoms with E-state index in [-0.39, 0.29) is 0 Å². The Balaban J connectivity index is 1.24. The first kappa shape index (κ1) is 29.5. The molecule has 0 aliphatic rings. The fourth-order valence-electron chi connectivity index (χ4n) is 6.01. The van der Waals surface area contributed by atoms with Gasteiger partial charge in [0.1, 0.15) is 0 Å². The highest BCUT2D eigenvalue weighted by Gasteiger charge is 2.17. The van der Waals surface area contributed by atoms with Crippen molar-refractivity contribution in [2.75, 3.05) is 9.80 Å². The van der Waals surface area contributed by atoms with Gasteiger partial charge in [0, 0.05) is 68.8 Å². The van der Waals surface area contributed by atoms with Gasteiger partial charge in [-0.15, -0.1) is 0 Å². The standard InChI is InChI=1S/C43H34N4/c1-32(2)46(35-14-6-3-7-15-35)38-26-22-33(23-27-38)42-40(20-12-30-44-42)41-21-13-31-45-43(41)34-24-28-39(29-25-34)47(36-16-8-4-9-17-36)37-18-10-5-11-19-37/h3-31H,1H2,2H3. The Morgan fingerprint density at radius 3 is 1.21 bits per heavy atom. The summed E-state index contributed by atoms with van der Waals surface area (Å²) in [7, 11) is 0. The SMILES string of the molecule is C=C(C)N(c1ccccc1)c1ccc(-c2ncccc2-c2cccnc2-c2ccc(N(c3ccccc3)c3ccccc3)cc2)cc1. The van der Waals surface area contributed by atoms with E-state index in [1.165, 1.54) is 0 Å². The smallest absolute Gasteiger partial charge is 0.0781 e. The summed E-state index contributed by atoms with van der Waals surface area (Å²) in [5.41, 5.74) is 12.3. The van der Waals surface area contributed by atoms with Crippen LogP contribution in [0.25, 0.3) is 33.6 Å². The van der Waals surface area contributed by atoms with Crippen molar-refractivity contribution in [2.24, 2.45) is 0 Å². The van der Waals surface area contributed by atoms with Gasteiger partial charge in [-0.2, -0.15) is 0 Å². The second-order valence-electron chi connectivity index (χ2n) is 11.3. The van der Waals surface area contributed by atoms with Crippen LogP contribution in [0.1, 0.15) is 6.92 Å². The van der Waals surface area contributed by atoms with Crippen LogP contribution in [0.2, 0.25) is 0 Å². The summed E-state index contributed by atoms with van der Waals surface area (Å²) in [5.74, 6) is 0. The molecule has 4 nitrogen and oxygen atoms in total. The maximum atomic E-state index is 4.88. The van der Waals surface area contributed by atoms with E-state index in [1.807, 2.05) is 61.8 Å². The van der Waals surface area contributed by atoms with E-state index in [0.29, 0.717) is 0 Å². The second kappa shape index (κ2) is 13.4. The molecule has 0 saturated carbocycles. The molecule has 0 N–H and O–H groups in total. The first-order valence-electron chi connectivity index (χ1n) is 15.7. The number of rotatable bonds is 9. The summed E-state index contributed by atoms with van der Waals surface area (Å²) in [4.78, 5) is 14.2. The van der Waals surface area contributed by atoms with Crippen molar-refractivity contribution >= 4 is 28.4 Å². The first-order chi connectivity index (χ1) is 23.2. The molecule has 0 amide bonds. The molecular formula is C43H34N4. The molecule has 0 aliphatic carbocycles. The van der Waals surface area contributed by atoms with Crippen LogP contribution in [0.4, 0.5) is 28.4 Å². The Morgan fingerprint density at radius 1 is 0.426 bits per heavy atom. The van der Waals surface area contributed by atoms with Gasteiger partial charge in [0.2, 0.25) is 0 Å². The van der Waals surface area contributed by atoms with Crippen LogP contribution in [-0.2, 0) is 0 Å². The van der Waals surface area contributed by atoms with E-state index in [2.05, 4.69) is 138 Å². The first-order valence-corrected chi connectivity index (χ1v) is 15.7. The van der Waals surface area contributed by atoms with Crippen molar-refractivity contribution < 1.29 is 0 Å². The highest BCUT2D eigenvalue weighted by molar-refractivity contribution is 5.89. The molecule has 7 aromatic rings. The van der Waals surface area contributed by atoms with Gasteiger partial charge in [-0.05, 0) is 79.7 Å². The maximum absolute atomic E-state index is 4.88. The second-order valence-corrected chi connectivity index (χ2v) is 11.3. The Kier molecular flexibility index (Phi) is 8.39. The fourth-order valence-corrected chi connectivity index (χ4v) is 6.01. The quantitative estimate of drug-likeness (QED) is 0.164. The third kappa shape index (κ3) is 6.18. The number of anilines is 5. The molecule has 7 rings (SSSR count). The number of benzene rings is 5. The summed E-state index contributed by atoms with van der Waals surface area (Å²) in [6.45, 7) is 6.25. The average molecular weight is 607 g/mol. The number of hydrogen-bond acceptors (Lipinski definition) is 4. The number of pyridine rings is 2. The lowest BCUT2D eigenvalue weighted by molar-refractivity contribution is 1.17. The topological polar surface area (TPSA) is 32.3 Å². The summed E-state index contributed by atoms with van der Waals surface area (Å²) < 4.78 is 0. The molecule has 0 radical (unpaired) electrons. The Hall–Kier alpha value is -6.26. The zero-order chi connectivity index (χ0) is 32.0. The van der Waals surface area contributed by atoms with E-state index in [1.54, 1.807) is 0 Å². The summed E-state index contributed by atoms with van der Waals surface area (Å²) in [5, 5.41) is 0. The molecule has 0 saturated heterocycles. The van der Waals surface area contributed by atoms with Crippen molar-refractivity contribution in [3.05, 3.63) is 188 Å². The molecule has 0 bridgehead atoms. The summed E-state index contributed by atoms with van der Waals surface area (Å²) in [6.07, 6.45) is 3.71. The lowest BCUT2D eigenvalue weighted by Crippen LogP contribution is -2.13. The minimum absolute atomic E-state index is 0.908. The zero-order valence-corrected chi connectivity index (χ0v) is 26.2. The Morgan fingerprint density at radius 2 is 0.787 bits per heavy atom. The lowest BCUT2D eigenvalue weighted by Gasteiger charge is -2.25. The minimum Gasteiger partial charge on any atom is -0.315 e. The molecule has 2 aromatic heterocycles. The summed E-state index contributed by atoms with van der Waals surface area (Å²) >= 11 is 0. The van der Waals surface area contributed by atoms with Crippen molar-refractivity contribution in [3.8, 4) is 33.6 Å². The van der Waals surface area contributed by atoms with E-state index < -0.39 is 0 Å². The van der Waals surface area contributed by atoms with Gasteiger partial charge in [-0.25, -0.2) is 0 Å². The zero-order valence-electron chi connectivity index (χ0n) is 26.2. The molecule has 0 unspecified atom stereocenters. The highest BCUT2D eigenvalue weighted by Crippen LogP contribution is 2.39. The van der Waals surface area contributed by atoms with Crippen molar-refractivity contribution in [1.29, 1.82) is 0 Å². The van der Waals surface area contributed by atoms with Crippen LogP contribution in [0.3, 0.4) is 0 Å². The third-order valence-corrected chi connectivity index (χ3v) is 8.13. The highest BCUT2D eigenvalue weighted by atomic mass is 15.1. The number of nitrogens with zero attached hydrogens (tertiary/aromatic N) is 4. The molecule has 0 aliphatic heterocycles. The molecular weight excluding hydrogens is 573 g/mol. The van der Waals surface area contributed by atoms with Crippen molar-refractivity contribution in [2.45, 2.75) is 6.92 Å². The number of aromatic nitrogens is 2. The molecule has 0 fully saturated rings. The van der Waals surface area contributed by atoms with Crippen LogP contribution in [-0.4, -0.2) is 9.97 Å². The van der Waals surface area contributed by atoms with Gasteiger partial charge in [0.25, 0.3) is 0 Å².